The van der Waals surface area contributed by atoms with E-state index in [0.717, 1.165) is 11.3 Å². The topological polar surface area (TPSA) is 64.2 Å². The molecule has 1 amide bonds. The first-order valence-electron chi connectivity index (χ1n) is 5.50. The van der Waals surface area contributed by atoms with Crippen LogP contribution in [0.3, 0.4) is 0 Å². The van der Waals surface area contributed by atoms with Crippen LogP contribution in [0.2, 0.25) is 0 Å². The van der Waals surface area contributed by atoms with Gasteiger partial charge in [0.1, 0.15) is 0 Å². The molecule has 1 aliphatic heterocycles. The fraction of sp³-hybridized carbons (Fsp3) is 0.636. The van der Waals surface area contributed by atoms with Crippen LogP contribution >= 0.6 is 0 Å². The van der Waals surface area contributed by atoms with Crippen molar-refractivity contribution in [2.45, 2.75) is 19.4 Å². The minimum absolute atomic E-state index is 0.0891. The highest BCUT2D eigenvalue weighted by Crippen LogP contribution is 2.37. The molecule has 88 valence electrons. The van der Waals surface area contributed by atoms with E-state index in [-0.39, 0.29) is 17.9 Å². The van der Waals surface area contributed by atoms with Gasteiger partial charge in [-0.2, -0.15) is 5.10 Å². The highest BCUT2D eigenvalue weighted by molar-refractivity contribution is 5.79. The fourth-order valence-corrected chi connectivity index (χ4v) is 2.43. The van der Waals surface area contributed by atoms with Crippen LogP contribution in [0.1, 0.15) is 23.7 Å². The van der Waals surface area contributed by atoms with E-state index < -0.39 is 0 Å². The molecule has 0 aliphatic carbocycles. The molecule has 1 fully saturated rings. The maximum absolute atomic E-state index is 11.7. The summed E-state index contributed by atoms with van der Waals surface area (Å²) in [6.45, 7) is 2.56. The predicted molar refractivity (Wildman–Crippen MR) is 60.6 cm³/mol. The second-order valence-corrected chi connectivity index (χ2v) is 4.46. The third kappa shape index (κ3) is 1.51. The zero-order chi connectivity index (χ0) is 11.9. The first kappa shape index (κ1) is 11.1. The van der Waals surface area contributed by atoms with Crippen molar-refractivity contribution in [3.63, 3.8) is 0 Å². The molecule has 0 aromatic carbocycles. The Hall–Kier alpha value is -1.36. The third-order valence-corrected chi connectivity index (χ3v) is 3.59. The van der Waals surface area contributed by atoms with E-state index in [1.807, 2.05) is 31.9 Å². The van der Waals surface area contributed by atoms with E-state index in [0.29, 0.717) is 13.0 Å². The number of hydrogen-bond acceptors (Lipinski definition) is 3. The van der Waals surface area contributed by atoms with Crippen molar-refractivity contribution in [3.8, 4) is 0 Å². The SMILES string of the molecule is Cc1c([C@H]2[C@H](CN)CC(=O)N2C)cnn1C. The Labute approximate surface area is 95.2 Å². The minimum Gasteiger partial charge on any atom is -0.338 e. The van der Waals surface area contributed by atoms with Gasteiger partial charge in [-0.1, -0.05) is 0 Å². The Kier molecular flexibility index (Phi) is 2.71. The summed E-state index contributed by atoms with van der Waals surface area (Å²) in [6, 6.07) is 0.0891. The molecule has 2 rings (SSSR count). The number of rotatable bonds is 2. The average molecular weight is 222 g/mol. The molecule has 1 aromatic heterocycles. The molecule has 0 bridgehead atoms. The van der Waals surface area contributed by atoms with Gasteiger partial charge in [0.2, 0.25) is 5.91 Å². The molecule has 0 unspecified atom stereocenters. The van der Waals surface area contributed by atoms with E-state index in [1.165, 1.54) is 0 Å². The zero-order valence-electron chi connectivity index (χ0n) is 9.97. The Morgan fingerprint density at radius 2 is 2.25 bits per heavy atom. The van der Waals surface area contributed by atoms with Crippen molar-refractivity contribution < 1.29 is 4.79 Å². The van der Waals surface area contributed by atoms with E-state index in [2.05, 4.69) is 5.10 Å². The smallest absolute Gasteiger partial charge is 0.223 e. The van der Waals surface area contributed by atoms with Crippen molar-refractivity contribution in [2.24, 2.45) is 18.7 Å². The van der Waals surface area contributed by atoms with E-state index in [4.69, 9.17) is 5.73 Å². The summed E-state index contributed by atoms with van der Waals surface area (Å²) in [5, 5.41) is 4.23. The van der Waals surface area contributed by atoms with Gasteiger partial charge in [0.15, 0.2) is 0 Å². The lowest BCUT2D eigenvalue weighted by Gasteiger charge is -2.24. The zero-order valence-corrected chi connectivity index (χ0v) is 9.97. The molecule has 0 spiro atoms. The van der Waals surface area contributed by atoms with Crippen molar-refractivity contribution in [1.82, 2.24) is 14.7 Å². The van der Waals surface area contributed by atoms with Gasteiger partial charge in [0.05, 0.1) is 12.2 Å². The second kappa shape index (κ2) is 3.90. The number of nitrogens with zero attached hydrogens (tertiary/aromatic N) is 3. The molecule has 0 saturated carbocycles. The first-order chi connectivity index (χ1) is 7.56. The quantitative estimate of drug-likeness (QED) is 0.777. The van der Waals surface area contributed by atoms with Crippen molar-refractivity contribution in [2.75, 3.05) is 13.6 Å². The minimum atomic E-state index is 0.0891. The molecular formula is C11H18N4O. The molecule has 1 aliphatic rings. The summed E-state index contributed by atoms with van der Waals surface area (Å²) >= 11 is 0. The number of nitrogens with two attached hydrogens (primary N) is 1. The average Bonchev–Trinajstić information content (AvgIpc) is 2.72. The number of carbonyl (C=O) groups excluding carboxylic acids is 1. The summed E-state index contributed by atoms with van der Waals surface area (Å²) in [4.78, 5) is 13.5. The van der Waals surface area contributed by atoms with Gasteiger partial charge in [0.25, 0.3) is 0 Å². The fourth-order valence-electron chi connectivity index (χ4n) is 2.43. The number of aryl methyl sites for hydroxylation is 1. The second-order valence-electron chi connectivity index (χ2n) is 4.46. The third-order valence-electron chi connectivity index (χ3n) is 3.59. The first-order valence-corrected chi connectivity index (χ1v) is 5.50. The molecule has 16 heavy (non-hydrogen) atoms. The van der Waals surface area contributed by atoms with Crippen molar-refractivity contribution in [3.05, 3.63) is 17.5 Å². The Morgan fingerprint density at radius 3 is 2.75 bits per heavy atom. The van der Waals surface area contributed by atoms with Crippen LogP contribution in [0.5, 0.6) is 0 Å². The molecule has 2 N–H and O–H groups in total. The van der Waals surface area contributed by atoms with Gasteiger partial charge in [0, 0.05) is 37.7 Å². The summed E-state index contributed by atoms with van der Waals surface area (Å²) < 4.78 is 1.83. The molecule has 5 nitrogen and oxygen atoms in total. The number of amides is 1. The lowest BCUT2D eigenvalue weighted by atomic mass is 9.94. The van der Waals surface area contributed by atoms with Crippen LogP contribution in [0.4, 0.5) is 0 Å². The summed E-state index contributed by atoms with van der Waals surface area (Å²) in [5.41, 5.74) is 7.96. The van der Waals surface area contributed by atoms with E-state index in [1.54, 1.807) is 4.90 Å². The van der Waals surface area contributed by atoms with Gasteiger partial charge in [-0.05, 0) is 13.5 Å². The maximum atomic E-state index is 11.7. The molecule has 1 aromatic rings. The molecule has 2 atom stereocenters. The number of likely N-dealkylation sites (tertiary alicyclic amines) is 1. The Bertz CT molecular complexity index is 412. The number of hydrogen-bond donors (Lipinski definition) is 1. The highest BCUT2D eigenvalue weighted by Gasteiger charge is 2.38. The van der Waals surface area contributed by atoms with Crippen LogP contribution in [0.25, 0.3) is 0 Å². The lowest BCUT2D eigenvalue weighted by Crippen LogP contribution is -2.27. The number of aromatic nitrogens is 2. The van der Waals surface area contributed by atoms with E-state index >= 15 is 0 Å². The van der Waals surface area contributed by atoms with Gasteiger partial charge in [-0.3, -0.25) is 9.48 Å². The highest BCUT2D eigenvalue weighted by atomic mass is 16.2. The standard InChI is InChI=1S/C11H18N4O/c1-7-9(6-13-15(7)3)11-8(5-12)4-10(16)14(11)2/h6,8,11H,4-5,12H2,1-3H3/t8-,11+/m0/s1. The van der Waals surface area contributed by atoms with Gasteiger partial charge >= 0.3 is 0 Å². The van der Waals surface area contributed by atoms with Crippen LogP contribution < -0.4 is 5.73 Å². The summed E-state index contributed by atoms with van der Waals surface area (Å²) in [5.74, 6) is 0.379. The Morgan fingerprint density at radius 1 is 1.56 bits per heavy atom. The van der Waals surface area contributed by atoms with Crippen LogP contribution in [0, 0.1) is 12.8 Å². The van der Waals surface area contributed by atoms with Crippen molar-refractivity contribution >= 4 is 5.91 Å². The number of carbonyl (C=O) groups is 1. The van der Waals surface area contributed by atoms with Crippen molar-refractivity contribution in [1.29, 1.82) is 0 Å². The normalized spacial score (nSPS) is 25.5. The van der Waals surface area contributed by atoms with Crippen LogP contribution in [0.15, 0.2) is 6.20 Å². The van der Waals surface area contributed by atoms with E-state index in [9.17, 15) is 4.79 Å². The maximum Gasteiger partial charge on any atom is 0.223 e. The largest absolute Gasteiger partial charge is 0.338 e. The molecule has 1 saturated heterocycles. The Balaban J connectivity index is 2.38. The molecule has 5 heteroatoms. The van der Waals surface area contributed by atoms with Gasteiger partial charge in [-0.15, -0.1) is 0 Å². The molecular weight excluding hydrogens is 204 g/mol. The predicted octanol–water partition coefficient (Wildman–Crippen LogP) is 0.207. The molecule has 0 radical (unpaired) electrons. The van der Waals surface area contributed by atoms with Crippen LogP contribution in [-0.2, 0) is 11.8 Å². The van der Waals surface area contributed by atoms with Gasteiger partial charge < -0.3 is 10.6 Å². The van der Waals surface area contributed by atoms with Crippen LogP contribution in [-0.4, -0.2) is 34.2 Å². The van der Waals surface area contributed by atoms with Gasteiger partial charge in [-0.25, -0.2) is 0 Å². The summed E-state index contributed by atoms with van der Waals surface area (Å²) in [6.07, 6.45) is 2.39. The summed E-state index contributed by atoms with van der Waals surface area (Å²) in [7, 11) is 3.75. The monoisotopic (exact) mass is 222 g/mol. The lowest BCUT2D eigenvalue weighted by molar-refractivity contribution is -0.127. The molecule has 2 heterocycles.